The van der Waals surface area contributed by atoms with Gasteiger partial charge in [-0.1, -0.05) is 29.8 Å². The lowest BCUT2D eigenvalue weighted by molar-refractivity contribution is 0.0589. The molecule has 2 aromatic carbocycles. The number of hydrogen-bond acceptors (Lipinski definition) is 6. The molecule has 35 heavy (non-hydrogen) atoms. The van der Waals surface area contributed by atoms with Gasteiger partial charge in [-0.15, -0.1) is 0 Å². The smallest absolute Gasteiger partial charge is 0.255 e. The maximum absolute atomic E-state index is 12.7. The van der Waals surface area contributed by atoms with E-state index in [0.717, 1.165) is 0 Å². The van der Waals surface area contributed by atoms with Gasteiger partial charge >= 0.3 is 0 Å². The molecule has 10 heteroatoms. The Morgan fingerprint density at radius 2 is 1.89 bits per heavy atom. The van der Waals surface area contributed by atoms with Crippen molar-refractivity contribution >= 4 is 34.2 Å². The zero-order valence-corrected chi connectivity index (χ0v) is 19.8. The summed E-state index contributed by atoms with van der Waals surface area (Å²) < 4.78 is 6.00. The topological polar surface area (TPSA) is 138 Å². The second-order valence-corrected chi connectivity index (χ2v) is 9.00. The summed E-state index contributed by atoms with van der Waals surface area (Å²) in [5, 5.41) is 14.6. The molecule has 5 N–H and O–H groups in total. The fourth-order valence-corrected chi connectivity index (χ4v) is 4.42. The van der Waals surface area contributed by atoms with Crippen LogP contribution < -0.4 is 21.3 Å². The lowest BCUT2D eigenvalue weighted by Gasteiger charge is -2.33. The number of nitrogens with one attached hydrogen (secondary N) is 2. The van der Waals surface area contributed by atoms with Crippen molar-refractivity contribution in [3.8, 4) is 5.75 Å². The lowest BCUT2D eigenvalue weighted by atomic mass is 10.1. The highest BCUT2D eigenvalue weighted by atomic mass is 35.5. The van der Waals surface area contributed by atoms with Gasteiger partial charge in [0.05, 0.1) is 17.2 Å². The summed E-state index contributed by atoms with van der Waals surface area (Å²) in [6.45, 7) is 1.86. The average molecular weight is 499 g/mol. The number of fused-ring (bicyclic) bond motifs is 1. The number of halogens is 1. The number of pyridine rings is 1. The van der Waals surface area contributed by atoms with E-state index < -0.39 is 12.0 Å². The van der Waals surface area contributed by atoms with E-state index in [1.807, 2.05) is 0 Å². The maximum atomic E-state index is 12.7. The standard InChI is InChI=1S/C25H27ClN4O5/c26-15-5-6-22(20(11-15)23(27)32)35-17-7-9-30(10-8-17)14-16(31)12-28-25(34)21-13-29-24(33)19-4-2-1-3-18(19)21/h1-6,11,13,16-17,31H,7-10,12,14H2,(H2,27,32)(H,28,34)(H,29,33). The first kappa shape index (κ1) is 24.7. The molecule has 1 unspecified atom stereocenters. The minimum atomic E-state index is -0.761. The largest absolute Gasteiger partial charge is 0.489 e. The van der Waals surface area contributed by atoms with Gasteiger partial charge in [0.15, 0.2) is 0 Å². The van der Waals surface area contributed by atoms with Gasteiger partial charge in [0.2, 0.25) is 0 Å². The second kappa shape index (κ2) is 10.9. The number of rotatable bonds is 8. The summed E-state index contributed by atoms with van der Waals surface area (Å²) in [6, 6.07) is 11.7. The molecule has 1 aliphatic heterocycles. The molecule has 184 valence electrons. The molecule has 9 nitrogen and oxygen atoms in total. The fraction of sp³-hybridized carbons (Fsp3) is 0.320. The molecular weight excluding hydrogens is 472 g/mol. The van der Waals surface area contributed by atoms with Crippen LogP contribution in [-0.4, -0.2) is 65.2 Å². The Hall–Kier alpha value is -3.40. The van der Waals surface area contributed by atoms with Crippen molar-refractivity contribution in [3.05, 3.63) is 75.2 Å². The molecule has 0 aliphatic carbocycles. The number of H-pyrrole nitrogens is 1. The Morgan fingerprint density at radius 3 is 2.60 bits per heavy atom. The van der Waals surface area contributed by atoms with Crippen LogP contribution in [0.25, 0.3) is 10.8 Å². The SMILES string of the molecule is NC(=O)c1cc(Cl)ccc1OC1CCN(CC(O)CNC(=O)c2c[nH]c(=O)c3ccccc23)CC1. The highest BCUT2D eigenvalue weighted by molar-refractivity contribution is 6.31. The van der Waals surface area contributed by atoms with Crippen molar-refractivity contribution in [3.63, 3.8) is 0 Å². The Balaban J connectivity index is 1.26. The van der Waals surface area contributed by atoms with Crippen LogP contribution in [0.5, 0.6) is 5.75 Å². The molecular formula is C25H27ClN4O5. The van der Waals surface area contributed by atoms with Crippen LogP contribution >= 0.6 is 11.6 Å². The van der Waals surface area contributed by atoms with Gasteiger partial charge in [0.1, 0.15) is 11.9 Å². The van der Waals surface area contributed by atoms with Crippen molar-refractivity contribution in [2.24, 2.45) is 5.73 Å². The average Bonchev–Trinajstić information content (AvgIpc) is 2.85. The zero-order valence-electron chi connectivity index (χ0n) is 19.0. The molecule has 1 aliphatic rings. The first-order valence-electron chi connectivity index (χ1n) is 11.4. The Bertz CT molecular complexity index is 1290. The normalized spacial score (nSPS) is 15.6. The van der Waals surface area contributed by atoms with Crippen LogP contribution in [0.3, 0.4) is 0 Å². The molecule has 0 radical (unpaired) electrons. The molecule has 0 bridgehead atoms. The fourth-order valence-electron chi connectivity index (χ4n) is 4.25. The minimum absolute atomic E-state index is 0.0788. The number of carbonyl (C=O) groups excluding carboxylic acids is 2. The van der Waals surface area contributed by atoms with Crippen molar-refractivity contribution in [2.75, 3.05) is 26.2 Å². The number of aliphatic hydroxyl groups is 1. The van der Waals surface area contributed by atoms with E-state index >= 15 is 0 Å². The molecule has 1 aromatic heterocycles. The number of aromatic nitrogens is 1. The number of amides is 2. The van der Waals surface area contributed by atoms with Crippen LogP contribution in [0, 0.1) is 0 Å². The zero-order chi connectivity index (χ0) is 24.9. The predicted molar refractivity (Wildman–Crippen MR) is 133 cm³/mol. The first-order valence-corrected chi connectivity index (χ1v) is 11.7. The van der Waals surface area contributed by atoms with Crippen LogP contribution in [0.15, 0.2) is 53.5 Å². The van der Waals surface area contributed by atoms with E-state index in [2.05, 4.69) is 15.2 Å². The number of piperidine rings is 1. The minimum Gasteiger partial charge on any atom is -0.489 e. The molecule has 1 saturated heterocycles. The van der Waals surface area contributed by atoms with Gasteiger partial charge in [0.25, 0.3) is 17.4 Å². The number of hydrogen-bond donors (Lipinski definition) is 4. The van der Waals surface area contributed by atoms with Crippen molar-refractivity contribution < 1.29 is 19.4 Å². The second-order valence-electron chi connectivity index (χ2n) is 8.56. The molecule has 1 atom stereocenters. The molecule has 3 aromatic rings. The third-order valence-electron chi connectivity index (χ3n) is 6.06. The van der Waals surface area contributed by atoms with Gasteiger partial charge < -0.3 is 30.8 Å². The van der Waals surface area contributed by atoms with E-state index in [1.54, 1.807) is 36.4 Å². The van der Waals surface area contributed by atoms with Crippen LogP contribution in [-0.2, 0) is 0 Å². The number of aromatic amines is 1. The number of β-amino-alcohol motifs (C(OH)–C–C–N with tert-alkyl or cyclic N) is 1. The van der Waals surface area contributed by atoms with Gasteiger partial charge in [0, 0.05) is 48.2 Å². The lowest BCUT2D eigenvalue weighted by Crippen LogP contribution is -2.45. The number of aliphatic hydroxyl groups excluding tert-OH is 1. The summed E-state index contributed by atoms with van der Waals surface area (Å²) in [7, 11) is 0. The summed E-state index contributed by atoms with van der Waals surface area (Å²) in [5.41, 5.74) is 5.77. The summed E-state index contributed by atoms with van der Waals surface area (Å²) in [5.74, 6) is -0.547. The Morgan fingerprint density at radius 1 is 1.17 bits per heavy atom. The van der Waals surface area contributed by atoms with Crippen LogP contribution in [0.2, 0.25) is 5.02 Å². The number of nitrogens with two attached hydrogens (primary N) is 1. The third kappa shape index (κ3) is 6.00. The Labute approximate surface area is 206 Å². The molecule has 1 fully saturated rings. The van der Waals surface area contributed by atoms with E-state index in [1.165, 1.54) is 12.3 Å². The van der Waals surface area contributed by atoms with Gasteiger partial charge in [-0.25, -0.2) is 0 Å². The summed E-state index contributed by atoms with van der Waals surface area (Å²) in [4.78, 5) is 41.0. The van der Waals surface area contributed by atoms with Gasteiger partial charge in [-0.05, 0) is 37.1 Å². The highest BCUT2D eigenvalue weighted by Crippen LogP contribution is 2.26. The predicted octanol–water partition coefficient (Wildman–Crippen LogP) is 1.91. The van der Waals surface area contributed by atoms with Crippen LogP contribution in [0.4, 0.5) is 0 Å². The monoisotopic (exact) mass is 498 g/mol. The molecule has 0 spiro atoms. The highest BCUT2D eigenvalue weighted by Gasteiger charge is 2.24. The van der Waals surface area contributed by atoms with Crippen molar-refractivity contribution in [1.29, 1.82) is 0 Å². The van der Waals surface area contributed by atoms with Gasteiger partial charge in [-0.2, -0.15) is 0 Å². The van der Waals surface area contributed by atoms with Gasteiger partial charge in [-0.3, -0.25) is 14.4 Å². The number of primary amides is 1. The number of carbonyl (C=O) groups is 2. The molecule has 2 amide bonds. The third-order valence-corrected chi connectivity index (χ3v) is 6.29. The van der Waals surface area contributed by atoms with Crippen molar-refractivity contribution in [2.45, 2.75) is 25.0 Å². The first-order chi connectivity index (χ1) is 16.8. The van der Waals surface area contributed by atoms with Crippen molar-refractivity contribution in [1.82, 2.24) is 15.2 Å². The van der Waals surface area contributed by atoms with E-state index in [9.17, 15) is 19.5 Å². The molecule has 4 rings (SSSR count). The summed E-state index contributed by atoms with van der Waals surface area (Å²) >= 11 is 5.95. The van der Waals surface area contributed by atoms with E-state index in [-0.39, 0.29) is 29.7 Å². The maximum Gasteiger partial charge on any atom is 0.255 e. The molecule has 0 saturated carbocycles. The number of likely N-dealkylation sites (tertiary alicyclic amines) is 1. The van der Waals surface area contributed by atoms with E-state index in [4.69, 9.17) is 22.1 Å². The molecule has 2 heterocycles. The number of nitrogens with zero attached hydrogens (tertiary/aromatic N) is 1. The quantitative estimate of drug-likeness (QED) is 0.374. The van der Waals surface area contributed by atoms with Crippen LogP contribution in [0.1, 0.15) is 33.6 Å². The number of ether oxygens (including phenoxy) is 1. The number of benzene rings is 2. The Kier molecular flexibility index (Phi) is 7.70. The summed E-state index contributed by atoms with van der Waals surface area (Å²) in [6.07, 6.45) is 1.97. The van der Waals surface area contributed by atoms with E-state index in [0.29, 0.717) is 59.6 Å².